The molecule has 1 aliphatic heterocycles. The molecule has 1 atom stereocenters. The predicted molar refractivity (Wildman–Crippen MR) is 87.1 cm³/mol. The second-order valence-electron chi connectivity index (χ2n) is 7.24. The number of nitrogens with two attached hydrogens (primary N) is 1. The molecule has 0 aromatic rings. The van der Waals surface area contributed by atoms with Gasteiger partial charge in [-0.15, -0.1) is 0 Å². The van der Waals surface area contributed by atoms with Gasteiger partial charge in [-0.25, -0.2) is 0 Å². The maximum atomic E-state index is 12.3. The van der Waals surface area contributed by atoms with E-state index in [-0.39, 0.29) is 5.91 Å². The standard InChI is InChI=1S/C17H33N3O/c1-3-11-17(2,18)16(21)19-14-9-12-20(13-10-14)15-7-5-4-6-8-15/h14-15H,3-13,18H2,1-2H3,(H,19,21). The largest absolute Gasteiger partial charge is 0.352 e. The zero-order valence-electron chi connectivity index (χ0n) is 13.9. The average molecular weight is 295 g/mol. The number of nitrogens with zero attached hydrogens (tertiary/aromatic N) is 1. The molecule has 3 N–H and O–H groups in total. The molecular formula is C17H33N3O. The van der Waals surface area contributed by atoms with Crippen molar-refractivity contribution >= 4 is 5.91 Å². The highest BCUT2D eigenvalue weighted by Gasteiger charge is 2.31. The lowest BCUT2D eigenvalue weighted by atomic mass is 9.91. The highest BCUT2D eigenvalue weighted by molar-refractivity contribution is 5.85. The third-order valence-corrected chi connectivity index (χ3v) is 5.24. The maximum absolute atomic E-state index is 12.3. The molecule has 1 saturated carbocycles. The minimum absolute atomic E-state index is 0.0282. The number of carbonyl (C=O) groups excluding carboxylic acids is 1. The minimum Gasteiger partial charge on any atom is -0.352 e. The topological polar surface area (TPSA) is 58.4 Å². The van der Waals surface area contributed by atoms with Crippen LogP contribution in [0.5, 0.6) is 0 Å². The predicted octanol–water partition coefficient (Wildman–Crippen LogP) is 2.42. The Bertz CT molecular complexity index is 329. The summed E-state index contributed by atoms with van der Waals surface area (Å²) in [7, 11) is 0. The molecule has 4 nitrogen and oxygen atoms in total. The molecule has 0 spiro atoms. The second-order valence-corrected chi connectivity index (χ2v) is 7.24. The van der Waals surface area contributed by atoms with Crippen LogP contribution in [-0.2, 0) is 4.79 Å². The van der Waals surface area contributed by atoms with Gasteiger partial charge < -0.3 is 16.0 Å². The maximum Gasteiger partial charge on any atom is 0.240 e. The van der Waals surface area contributed by atoms with Gasteiger partial charge in [0.25, 0.3) is 0 Å². The lowest BCUT2D eigenvalue weighted by Gasteiger charge is -2.40. The molecule has 1 unspecified atom stereocenters. The molecule has 0 aromatic carbocycles. The average Bonchev–Trinajstić information content (AvgIpc) is 2.49. The SMILES string of the molecule is CCCC(C)(N)C(=O)NC1CCN(C2CCCCC2)CC1. The molecule has 2 fully saturated rings. The summed E-state index contributed by atoms with van der Waals surface area (Å²) in [5, 5.41) is 3.18. The van der Waals surface area contributed by atoms with E-state index in [0.29, 0.717) is 6.04 Å². The van der Waals surface area contributed by atoms with E-state index in [1.807, 2.05) is 6.92 Å². The van der Waals surface area contributed by atoms with Crippen molar-refractivity contribution in [3.05, 3.63) is 0 Å². The van der Waals surface area contributed by atoms with Crippen LogP contribution in [0.15, 0.2) is 0 Å². The summed E-state index contributed by atoms with van der Waals surface area (Å²) in [5.74, 6) is 0.0282. The molecule has 0 bridgehead atoms. The Morgan fingerprint density at radius 3 is 2.38 bits per heavy atom. The summed E-state index contributed by atoms with van der Waals surface area (Å²) in [5.41, 5.74) is 5.40. The fourth-order valence-corrected chi connectivity index (χ4v) is 3.84. The van der Waals surface area contributed by atoms with Gasteiger partial charge in [-0.1, -0.05) is 32.6 Å². The van der Waals surface area contributed by atoms with Crippen molar-refractivity contribution in [3.63, 3.8) is 0 Å². The normalized spacial score (nSPS) is 25.5. The van der Waals surface area contributed by atoms with Gasteiger partial charge in [-0.05, 0) is 39.0 Å². The Morgan fingerprint density at radius 1 is 1.19 bits per heavy atom. The molecule has 2 rings (SSSR count). The van der Waals surface area contributed by atoms with E-state index in [2.05, 4.69) is 17.1 Å². The lowest BCUT2D eigenvalue weighted by Crippen LogP contribution is -2.56. The highest BCUT2D eigenvalue weighted by Crippen LogP contribution is 2.25. The molecule has 1 saturated heterocycles. The van der Waals surface area contributed by atoms with Crippen LogP contribution in [0.3, 0.4) is 0 Å². The quantitative estimate of drug-likeness (QED) is 0.819. The van der Waals surface area contributed by atoms with Crippen molar-refractivity contribution in [2.24, 2.45) is 5.73 Å². The van der Waals surface area contributed by atoms with Crippen molar-refractivity contribution in [3.8, 4) is 0 Å². The lowest BCUT2D eigenvalue weighted by molar-refractivity contribution is -0.127. The monoisotopic (exact) mass is 295 g/mol. The van der Waals surface area contributed by atoms with Crippen LogP contribution in [0.4, 0.5) is 0 Å². The zero-order chi connectivity index (χ0) is 15.3. The Balaban J connectivity index is 1.74. The van der Waals surface area contributed by atoms with Crippen molar-refractivity contribution in [2.75, 3.05) is 13.1 Å². The number of likely N-dealkylation sites (tertiary alicyclic amines) is 1. The third kappa shape index (κ3) is 4.68. The summed E-state index contributed by atoms with van der Waals surface area (Å²) < 4.78 is 0. The zero-order valence-corrected chi connectivity index (χ0v) is 13.9. The van der Waals surface area contributed by atoms with Crippen molar-refractivity contribution in [1.29, 1.82) is 0 Å². The Hall–Kier alpha value is -0.610. The van der Waals surface area contributed by atoms with Gasteiger partial charge in [0.15, 0.2) is 0 Å². The van der Waals surface area contributed by atoms with E-state index in [4.69, 9.17) is 5.73 Å². The van der Waals surface area contributed by atoms with Gasteiger partial charge in [-0.2, -0.15) is 0 Å². The first kappa shape index (κ1) is 16.8. The molecule has 21 heavy (non-hydrogen) atoms. The van der Waals surface area contributed by atoms with E-state index in [1.54, 1.807) is 0 Å². The molecule has 1 heterocycles. The molecule has 1 aliphatic carbocycles. The fraction of sp³-hybridized carbons (Fsp3) is 0.941. The molecule has 1 amide bonds. The number of amides is 1. The number of carbonyl (C=O) groups is 1. The van der Waals surface area contributed by atoms with Crippen LogP contribution < -0.4 is 11.1 Å². The van der Waals surface area contributed by atoms with Gasteiger partial charge in [-0.3, -0.25) is 4.79 Å². The van der Waals surface area contributed by atoms with Crippen LogP contribution in [0, 0.1) is 0 Å². The summed E-state index contributed by atoms with van der Waals surface area (Å²) in [6.07, 6.45) is 10.8. The summed E-state index contributed by atoms with van der Waals surface area (Å²) in [6, 6.07) is 1.12. The first-order valence-corrected chi connectivity index (χ1v) is 8.87. The van der Waals surface area contributed by atoms with Crippen LogP contribution >= 0.6 is 0 Å². The summed E-state index contributed by atoms with van der Waals surface area (Å²) in [4.78, 5) is 14.9. The van der Waals surface area contributed by atoms with Crippen LogP contribution in [-0.4, -0.2) is 41.5 Å². The van der Waals surface area contributed by atoms with Crippen LogP contribution in [0.1, 0.15) is 71.6 Å². The van der Waals surface area contributed by atoms with Crippen LogP contribution in [0.2, 0.25) is 0 Å². The Labute approximate surface area is 129 Å². The number of nitrogens with one attached hydrogen (secondary N) is 1. The summed E-state index contributed by atoms with van der Waals surface area (Å²) >= 11 is 0. The Kier molecular flexibility index (Phi) is 6.06. The van der Waals surface area contributed by atoms with Gasteiger partial charge in [0, 0.05) is 25.2 Å². The number of rotatable bonds is 5. The molecule has 0 radical (unpaired) electrons. The Morgan fingerprint density at radius 2 is 1.81 bits per heavy atom. The number of hydrogen-bond acceptors (Lipinski definition) is 3. The van der Waals surface area contributed by atoms with Gasteiger partial charge in [0.2, 0.25) is 5.91 Å². The van der Waals surface area contributed by atoms with Crippen molar-refractivity contribution < 1.29 is 4.79 Å². The first-order chi connectivity index (χ1) is 10.0. The first-order valence-electron chi connectivity index (χ1n) is 8.87. The third-order valence-electron chi connectivity index (χ3n) is 5.24. The molecular weight excluding hydrogens is 262 g/mol. The fourth-order valence-electron chi connectivity index (χ4n) is 3.84. The van der Waals surface area contributed by atoms with E-state index in [9.17, 15) is 4.79 Å². The van der Waals surface area contributed by atoms with Crippen LogP contribution in [0.25, 0.3) is 0 Å². The summed E-state index contributed by atoms with van der Waals surface area (Å²) in [6.45, 7) is 6.18. The minimum atomic E-state index is -0.713. The number of hydrogen-bond donors (Lipinski definition) is 2. The van der Waals surface area contributed by atoms with E-state index >= 15 is 0 Å². The van der Waals surface area contributed by atoms with Gasteiger partial charge in [0.1, 0.15) is 0 Å². The van der Waals surface area contributed by atoms with Gasteiger partial charge >= 0.3 is 0 Å². The molecule has 122 valence electrons. The van der Waals surface area contributed by atoms with E-state index in [1.165, 1.54) is 32.1 Å². The highest BCUT2D eigenvalue weighted by atomic mass is 16.2. The van der Waals surface area contributed by atoms with E-state index in [0.717, 1.165) is 44.8 Å². The smallest absolute Gasteiger partial charge is 0.240 e. The molecule has 0 aromatic heterocycles. The van der Waals surface area contributed by atoms with E-state index < -0.39 is 5.54 Å². The molecule has 2 aliphatic rings. The second kappa shape index (κ2) is 7.59. The number of piperidine rings is 1. The van der Waals surface area contributed by atoms with Gasteiger partial charge in [0.05, 0.1) is 5.54 Å². The van der Waals surface area contributed by atoms with Crippen molar-refractivity contribution in [2.45, 2.75) is 89.3 Å². The molecule has 4 heteroatoms. The van der Waals surface area contributed by atoms with Crippen molar-refractivity contribution in [1.82, 2.24) is 10.2 Å².